The number of hydrogen-bond donors (Lipinski definition) is 2. The maximum absolute atomic E-state index is 11.2. The minimum atomic E-state index is -0.983. The van der Waals surface area contributed by atoms with Crippen LogP contribution in [0.4, 0.5) is 4.79 Å². The Kier molecular flexibility index (Phi) is 5.18. The van der Waals surface area contributed by atoms with Crippen LogP contribution in [0, 0.1) is 5.41 Å². The van der Waals surface area contributed by atoms with E-state index in [1.807, 2.05) is 30.3 Å². The molecule has 0 saturated carbocycles. The molecule has 0 spiro atoms. The van der Waals surface area contributed by atoms with Gasteiger partial charge in [-0.25, -0.2) is 4.79 Å². The predicted octanol–water partition coefficient (Wildman–Crippen LogP) is 4.62. The maximum atomic E-state index is 11.2. The van der Waals surface area contributed by atoms with Crippen molar-refractivity contribution in [1.29, 1.82) is 0 Å². The molecular formula is C21H25NO4. The summed E-state index contributed by atoms with van der Waals surface area (Å²) in [4.78, 5) is 11.2. The minimum absolute atomic E-state index is 0.110. The monoisotopic (exact) mass is 355 g/mol. The molecule has 0 heterocycles. The third kappa shape index (κ3) is 3.83. The Balaban J connectivity index is 1.93. The van der Waals surface area contributed by atoms with Crippen molar-refractivity contribution in [3.05, 3.63) is 53.6 Å². The molecule has 1 aliphatic carbocycles. The molecule has 5 nitrogen and oxygen atoms in total. The van der Waals surface area contributed by atoms with Crippen molar-refractivity contribution in [3.63, 3.8) is 0 Å². The van der Waals surface area contributed by atoms with Gasteiger partial charge >= 0.3 is 6.09 Å². The number of hydrogen-bond acceptors (Lipinski definition) is 3. The van der Waals surface area contributed by atoms with Gasteiger partial charge in [-0.15, -0.1) is 0 Å². The highest BCUT2D eigenvalue weighted by atomic mass is 16.7. The van der Waals surface area contributed by atoms with Gasteiger partial charge in [0.1, 0.15) is 5.75 Å². The number of methoxy groups -OCH3 is 1. The molecule has 26 heavy (non-hydrogen) atoms. The van der Waals surface area contributed by atoms with Crippen LogP contribution in [0.1, 0.15) is 37.4 Å². The molecule has 2 aromatic carbocycles. The average molecular weight is 355 g/mol. The van der Waals surface area contributed by atoms with E-state index in [0.29, 0.717) is 0 Å². The first-order valence-electron chi connectivity index (χ1n) is 8.75. The van der Waals surface area contributed by atoms with Crippen molar-refractivity contribution in [2.75, 3.05) is 13.9 Å². The molecule has 1 unspecified atom stereocenters. The van der Waals surface area contributed by atoms with E-state index in [1.165, 1.54) is 5.56 Å². The zero-order chi connectivity index (χ0) is 18.7. The summed E-state index contributed by atoms with van der Waals surface area (Å²) in [6, 6.07) is 13.9. The van der Waals surface area contributed by atoms with E-state index in [-0.39, 0.29) is 18.2 Å². The first-order valence-corrected chi connectivity index (χ1v) is 8.75. The van der Waals surface area contributed by atoms with Gasteiger partial charge in [-0.05, 0) is 52.6 Å². The summed E-state index contributed by atoms with van der Waals surface area (Å²) >= 11 is 0. The molecule has 1 atom stereocenters. The zero-order valence-electron chi connectivity index (χ0n) is 15.4. The molecule has 3 rings (SSSR count). The Hall–Kier alpha value is -2.53. The lowest BCUT2D eigenvalue weighted by molar-refractivity contribution is 0.0511. The van der Waals surface area contributed by atoms with E-state index >= 15 is 0 Å². The van der Waals surface area contributed by atoms with Crippen LogP contribution in [0.25, 0.3) is 11.1 Å². The summed E-state index contributed by atoms with van der Waals surface area (Å²) in [5, 5.41) is 11.9. The van der Waals surface area contributed by atoms with E-state index in [2.05, 4.69) is 31.3 Å². The lowest BCUT2D eigenvalue weighted by atomic mass is 9.70. The van der Waals surface area contributed by atoms with Gasteiger partial charge in [-0.2, -0.15) is 0 Å². The molecule has 2 N–H and O–H groups in total. The second-order valence-electron chi connectivity index (χ2n) is 7.36. The topological polar surface area (TPSA) is 67.8 Å². The van der Waals surface area contributed by atoms with Crippen LogP contribution in [-0.2, 0) is 11.2 Å². The lowest BCUT2D eigenvalue weighted by Crippen LogP contribution is -2.40. The fourth-order valence-corrected chi connectivity index (χ4v) is 3.59. The molecule has 0 aliphatic heterocycles. The lowest BCUT2D eigenvalue weighted by Gasteiger charge is -2.40. The fourth-order valence-electron chi connectivity index (χ4n) is 3.59. The smallest absolute Gasteiger partial charge is 0.405 e. The van der Waals surface area contributed by atoms with Crippen molar-refractivity contribution >= 4 is 6.09 Å². The molecule has 0 radical (unpaired) electrons. The van der Waals surface area contributed by atoms with Crippen LogP contribution in [0.15, 0.2) is 42.5 Å². The molecule has 2 aromatic rings. The second-order valence-corrected chi connectivity index (χ2v) is 7.36. The van der Waals surface area contributed by atoms with Gasteiger partial charge in [0.15, 0.2) is 6.79 Å². The first kappa shape index (κ1) is 18.3. The summed E-state index contributed by atoms with van der Waals surface area (Å²) in [6.07, 6.45) is 0.891. The Morgan fingerprint density at radius 2 is 2.00 bits per heavy atom. The van der Waals surface area contributed by atoms with Gasteiger partial charge in [0.2, 0.25) is 0 Å². The van der Waals surface area contributed by atoms with Crippen molar-refractivity contribution < 1.29 is 19.4 Å². The normalized spacial score (nSPS) is 18.0. The number of carbonyl (C=O) groups is 1. The molecule has 138 valence electrons. The minimum Gasteiger partial charge on any atom is -0.468 e. The zero-order valence-corrected chi connectivity index (χ0v) is 15.4. The first-order chi connectivity index (χ1) is 12.4. The average Bonchev–Trinajstić information content (AvgIpc) is 2.62. The van der Waals surface area contributed by atoms with Gasteiger partial charge in [0, 0.05) is 7.11 Å². The third-order valence-electron chi connectivity index (χ3n) is 5.05. The number of benzene rings is 2. The highest BCUT2D eigenvalue weighted by Crippen LogP contribution is 2.44. The van der Waals surface area contributed by atoms with Gasteiger partial charge in [0.05, 0.1) is 6.04 Å². The van der Waals surface area contributed by atoms with Gasteiger partial charge in [-0.3, -0.25) is 0 Å². The van der Waals surface area contributed by atoms with E-state index in [9.17, 15) is 9.90 Å². The van der Waals surface area contributed by atoms with E-state index in [1.54, 1.807) is 7.11 Å². The second kappa shape index (κ2) is 7.38. The van der Waals surface area contributed by atoms with Crippen molar-refractivity contribution in [3.8, 4) is 16.9 Å². The number of fused-ring (bicyclic) bond motifs is 1. The Labute approximate surface area is 153 Å². The maximum Gasteiger partial charge on any atom is 0.405 e. The van der Waals surface area contributed by atoms with Crippen molar-refractivity contribution in [2.45, 2.75) is 32.7 Å². The Bertz CT molecular complexity index is 800. The third-order valence-corrected chi connectivity index (χ3v) is 5.05. The van der Waals surface area contributed by atoms with E-state index < -0.39 is 6.09 Å². The fraction of sp³-hybridized carbons (Fsp3) is 0.381. The highest BCUT2D eigenvalue weighted by molar-refractivity contribution is 5.68. The summed E-state index contributed by atoms with van der Waals surface area (Å²) in [7, 11) is 1.59. The molecule has 0 bridgehead atoms. The highest BCUT2D eigenvalue weighted by Gasteiger charge is 2.37. The molecule has 0 aromatic heterocycles. The van der Waals surface area contributed by atoms with Gasteiger partial charge in [-0.1, -0.05) is 44.2 Å². The number of aryl methyl sites for hydroxylation is 1. The molecular weight excluding hydrogens is 330 g/mol. The van der Waals surface area contributed by atoms with Crippen LogP contribution in [0.2, 0.25) is 0 Å². The number of nitrogens with one attached hydrogen (secondary N) is 1. The Morgan fingerprint density at radius 3 is 2.73 bits per heavy atom. The Morgan fingerprint density at radius 1 is 1.23 bits per heavy atom. The number of ether oxygens (including phenoxy) is 2. The van der Waals surface area contributed by atoms with Crippen molar-refractivity contribution in [1.82, 2.24) is 5.32 Å². The summed E-state index contributed by atoms with van der Waals surface area (Å²) < 4.78 is 10.5. The standard InChI is InChI=1S/C21H25NO4/c1-21(2)10-9-16-11-15(7-8-18(16)19(21)22-20(23)24)14-5-4-6-17(12-14)26-13-25-3/h4-8,11-12,19,22H,9-10,13H2,1-3H3,(H,23,24). The molecule has 0 fully saturated rings. The molecule has 5 heteroatoms. The van der Waals surface area contributed by atoms with Gasteiger partial charge in [0.25, 0.3) is 0 Å². The summed E-state index contributed by atoms with van der Waals surface area (Å²) in [6.45, 7) is 4.44. The van der Waals surface area contributed by atoms with Crippen LogP contribution >= 0.6 is 0 Å². The number of amides is 1. The molecule has 1 aliphatic rings. The predicted molar refractivity (Wildman–Crippen MR) is 100 cm³/mol. The van der Waals surface area contributed by atoms with Crippen molar-refractivity contribution in [2.24, 2.45) is 5.41 Å². The van der Waals surface area contributed by atoms with Crippen LogP contribution in [0.5, 0.6) is 5.75 Å². The SMILES string of the molecule is COCOc1cccc(-c2ccc3c(c2)CCC(C)(C)C3NC(=O)O)c1. The molecule has 0 saturated heterocycles. The largest absolute Gasteiger partial charge is 0.468 e. The van der Waals surface area contributed by atoms with Crippen LogP contribution in [-0.4, -0.2) is 25.1 Å². The van der Waals surface area contributed by atoms with E-state index in [4.69, 9.17) is 9.47 Å². The van der Waals surface area contributed by atoms with E-state index in [0.717, 1.165) is 35.3 Å². The number of carboxylic acid groups (broad SMARTS) is 1. The number of rotatable bonds is 5. The molecule has 1 amide bonds. The quantitative estimate of drug-likeness (QED) is 0.768. The summed E-state index contributed by atoms with van der Waals surface area (Å²) in [5.41, 5.74) is 4.32. The van der Waals surface area contributed by atoms with Crippen LogP contribution in [0.3, 0.4) is 0 Å². The van der Waals surface area contributed by atoms with Gasteiger partial charge < -0.3 is 19.9 Å². The summed E-state index contributed by atoms with van der Waals surface area (Å²) in [5.74, 6) is 0.758. The van der Waals surface area contributed by atoms with Crippen LogP contribution < -0.4 is 10.1 Å².